The fraction of sp³-hybridized carbons (Fsp3) is 0.263. The minimum Gasteiger partial charge on any atom is -0.497 e. The highest BCUT2D eigenvalue weighted by atomic mass is 35.5. The highest BCUT2D eigenvalue weighted by Crippen LogP contribution is 2.16. The van der Waals surface area contributed by atoms with E-state index in [-0.39, 0.29) is 11.8 Å². The van der Waals surface area contributed by atoms with Gasteiger partial charge in [-0.2, -0.15) is 0 Å². The molecule has 0 aliphatic carbocycles. The fourth-order valence-electron chi connectivity index (χ4n) is 2.83. The summed E-state index contributed by atoms with van der Waals surface area (Å²) in [7, 11) is 1.59. The number of amides is 2. The van der Waals surface area contributed by atoms with E-state index in [0.717, 1.165) is 0 Å². The van der Waals surface area contributed by atoms with E-state index in [1.807, 2.05) is 0 Å². The first-order valence-electron chi connectivity index (χ1n) is 8.06. The molecule has 1 aliphatic heterocycles. The van der Waals surface area contributed by atoms with Crippen molar-refractivity contribution >= 4 is 23.4 Å². The Hall–Kier alpha value is -2.53. The predicted molar refractivity (Wildman–Crippen MR) is 96.3 cm³/mol. The number of ether oxygens (including phenoxy) is 1. The molecule has 0 saturated carbocycles. The van der Waals surface area contributed by atoms with Gasteiger partial charge in [-0.15, -0.1) is 0 Å². The SMILES string of the molecule is COc1ccc(C(=O)N2CCN(C(=O)c3cccc(Cl)c3)CC2)cc1. The van der Waals surface area contributed by atoms with Gasteiger partial charge in [-0.25, -0.2) is 0 Å². The van der Waals surface area contributed by atoms with Crippen molar-refractivity contribution < 1.29 is 14.3 Å². The Labute approximate surface area is 151 Å². The zero-order valence-corrected chi connectivity index (χ0v) is 14.7. The third-order valence-corrected chi connectivity index (χ3v) is 4.50. The molecule has 0 N–H and O–H groups in total. The topological polar surface area (TPSA) is 49.9 Å². The third kappa shape index (κ3) is 3.94. The number of benzene rings is 2. The molecule has 130 valence electrons. The highest BCUT2D eigenvalue weighted by Gasteiger charge is 2.25. The standard InChI is InChI=1S/C19H19ClN2O3/c1-25-17-7-5-14(6-8-17)18(23)21-9-11-22(12-10-21)19(24)15-3-2-4-16(20)13-15/h2-8,13H,9-12H2,1H3. The van der Waals surface area contributed by atoms with Crippen molar-refractivity contribution in [1.82, 2.24) is 9.80 Å². The first kappa shape index (κ1) is 17.3. The minimum absolute atomic E-state index is 0.0301. The normalized spacial score (nSPS) is 14.3. The Balaban J connectivity index is 1.61. The van der Waals surface area contributed by atoms with Gasteiger partial charge >= 0.3 is 0 Å². The van der Waals surface area contributed by atoms with Crippen LogP contribution in [0.15, 0.2) is 48.5 Å². The number of carbonyl (C=O) groups is 2. The molecule has 25 heavy (non-hydrogen) atoms. The van der Waals surface area contributed by atoms with E-state index < -0.39 is 0 Å². The van der Waals surface area contributed by atoms with Crippen LogP contribution in [-0.4, -0.2) is 54.9 Å². The summed E-state index contributed by atoms with van der Waals surface area (Å²) in [4.78, 5) is 28.6. The molecule has 2 aromatic carbocycles. The molecule has 5 nitrogen and oxygen atoms in total. The van der Waals surface area contributed by atoms with E-state index in [1.165, 1.54) is 0 Å². The van der Waals surface area contributed by atoms with Crippen LogP contribution in [0.2, 0.25) is 5.02 Å². The van der Waals surface area contributed by atoms with Gasteiger partial charge in [0.1, 0.15) is 5.75 Å². The fourth-order valence-corrected chi connectivity index (χ4v) is 3.02. The molecule has 3 rings (SSSR count). The second kappa shape index (κ2) is 7.57. The van der Waals surface area contributed by atoms with Crippen LogP contribution in [0.3, 0.4) is 0 Å². The number of rotatable bonds is 3. The van der Waals surface area contributed by atoms with Gasteiger partial charge < -0.3 is 14.5 Å². The molecular formula is C19H19ClN2O3. The Morgan fingerprint density at radius 2 is 1.44 bits per heavy atom. The van der Waals surface area contributed by atoms with Crippen molar-refractivity contribution in [3.63, 3.8) is 0 Å². The molecule has 1 fully saturated rings. The molecule has 1 heterocycles. The van der Waals surface area contributed by atoms with Crippen LogP contribution in [0.4, 0.5) is 0 Å². The van der Waals surface area contributed by atoms with Crippen LogP contribution in [0.5, 0.6) is 5.75 Å². The lowest BCUT2D eigenvalue weighted by Crippen LogP contribution is -2.50. The zero-order valence-electron chi connectivity index (χ0n) is 13.9. The molecule has 0 unspecified atom stereocenters. The van der Waals surface area contributed by atoms with Gasteiger partial charge in [-0.1, -0.05) is 17.7 Å². The second-order valence-electron chi connectivity index (χ2n) is 5.82. The molecule has 2 aromatic rings. The van der Waals surface area contributed by atoms with E-state index >= 15 is 0 Å². The summed E-state index contributed by atoms with van der Waals surface area (Å²) in [5.74, 6) is 0.630. The van der Waals surface area contributed by atoms with Crippen molar-refractivity contribution in [3.05, 3.63) is 64.7 Å². The molecule has 0 atom stereocenters. The van der Waals surface area contributed by atoms with Crippen molar-refractivity contribution in [2.75, 3.05) is 33.3 Å². The van der Waals surface area contributed by atoms with Crippen molar-refractivity contribution in [2.45, 2.75) is 0 Å². The molecule has 2 amide bonds. The van der Waals surface area contributed by atoms with Crippen LogP contribution in [0, 0.1) is 0 Å². The number of halogens is 1. The quantitative estimate of drug-likeness (QED) is 0.847. The largest absolute Gasteiger partial charge is 0.497 e. The number of methoxy groups -OCH3 is 1. The smallest absolute Gasteiger partial charge is 0.254 e. The average Bonchev–Trinajstić information content (AvgIpc) is 2.67. The number of hydrogen-bond acceptors (Lipinski definition) is 3. The summed E-state index contributed by atoms with van der Waals surface area (Å²) < 4.78 is 5.11. The van der Waals surface area contributed by atoms with Crippen LogP contribution in [0.1, 0.15) is 20.7 Å². The summed E-state index contributed by atoms with van der Waals surface area (Å²) >= 11 is 5.95. The maximum atomic E-state index is 12.6. The van der Waals surface area contributed by atoms with Gasteiger partial charge in [0.2, 0.25) is 0 Å². The van der Waals surface area contributed by atoms with Crippen LogP contribution in [-0.2, 0) is 0 Å². The lowest BCUT2D eigenvalue weighted by atomic mass is 10.1. The summed E-state index contributed by atoms with van der Waals surface area (Å²) in [6.45, 7) is 2.04. The van der Waals surface area contributed by atoms with Gasteiger partial charge in [-0.3, -0.25) is 9.59 Å². The van der Waals surface area contributed by atoms with Crippen LogP contribution >= 0.6 is 11.6 Å². The van der Waals surface area contributed by atoms with Crippen molar-refractivity contribution in [2.24, 2.45) is 0 Å². The first-order chi connectivity index (χ1) is 12.1. The Morgan fingerprint density at radius 1 is 0.880 bits per heavy atom. The van der Waals surface area contributed by atoms with Crippen LogP contribution < -0.4 is 4.74 Å². The number of hydrogen-bond donors (Lipinski definition) is 0. The van der Waals surface area contributed by atoms with Crippen molar-refractivity contribution in [1.29, 1.82) is 0 Å². The second-order valence-corrected chi connectivity index (χ2v) is 6.26. The number of piperazine rings is 1. The molecule has 0 aromatic heterocycles. The van der Waals surface area contributed by atoms with Gasteiger partial charge in [0.05, 0.1) is 7.11 Å². The molecule has 0 spiro atoms. The summed E-state index contributed by atoms with van der Waals surface area (Å²) in [6.07, 6.45) is 0. The number of nitrogens with zero attached hydrogens (tertiary/aromatic N) is 2. The van der Waals surface area contributed by atoms with E-state index in [0.29, 0.717) is 48.1 Å². The Morgan fingerprint density at radius 3 is 1.96 bits per heavy atom. The maximum absolute atomic E-state index is 12.6. The average molecular weight is 359 g/mol. The van der Waals surface area contributed by atoms with E-state index in [1.54, 1.807) is 65.4 Å². The summed E-state index contributed by atoms with van der Waals surface area (Å²) in [6, 6.07) is 14.0. The zero-order chi connectivity index (χ0) is 17.8. The third-order valence-electron chi connectivity index (χ3n) is 4.26. The van der Waals surface area contributed by atoms with E-state index in [9.17, 15) is 9.59 Å². The van der Waals surface area contributed by atoms with Gasteiger partial charge in [0.25, 0.3) is 11.8 Å². The van der Waals surface area contributed by atoms with Gasteiger partial charge in [0, 0.05) is 42.3 Å². The predicted octanol–water partition coefficient (Wildman–Crippen LogP) is 2.95. The van der Waals surface area contributed by atoms with Crippen molar-refractivity contribution in [3.8, 4) is 5.75 Å². The monoisotopic (exact) mass is 358 g/mol. The molecular weight excluding hydrogens is 340 g/mol. The molecule has 0 radical (unpaired) electrons. The maximum Gasteiger partial charge on any atom is 0.254 e. The van der Waals surface area contributed by atoms with E-state index in [2.05, 4.69) is 0 Å². The van der Waals surface area contributed by atoms with Gasteiger partial charge in [0.15, 0.2) is 0 Å². The lowest BCUT2D eigenvalue weighted by molar-refractivity contribution is 0.0535. The van der Waals surface area contributed by atoms with E-state index in [4.69, 9.17) is 16.3 Å². The Kier molecular flexibility index (Phi) is 5.24. The summed E-state index contributed by atoms with van der Waals surface area (Å²) in [5.41, 5.74) is 1.19. The lowest BCUT2D eigenvalue weighted by Gasteiger charge is -2.35. The van der Waals surface area contributed by atoms with Gasteiger partial charge in [-0.05, 0) is 42.5 Å². The molecule has 1 aliphatic rings. The minimum atomic E-state index is -0.0564. The molecule has 6 heteroatoms. The number of carbonyl (C=O) groups excluding carboxylic acids is 2. The Bertz CT molecular complexity index is 768. The first-order valence-corrected chi connectivity index (χ1v) is 8.44. The molecule has 1 saturated heterocycles. The molecule has 0 bridgehead atoms. The van der Waals surface area contributed by atoms with Crippen LogP contribution in [0.25, 0.3) is 0 Å². The highest BCUT2D eigenvalue weighted by molar-refractivity contribution is 6.30. The summed E-state index contributed by atoms with van der Waals surface area (Å²) in [5, 5.41) is 0.541.